The molecule has 1 fully saturated rings. The molecule has 8 heteroatoms. The van der Waals surface area contributed by atoms with Crippen LogP contribution in [0, 0.1) is 0 Å². The van der Waals surface area contributed by atoms with Gasteiger partial charge in [-0.1, -0.05) is 0 Å². The van der Waals surface area contributed by atoms with E-state index in [1.54, 1.807) is 6.20 Å². The predicted molar refractivity (Wildman–Crippen MR) is 140 cm³/mol. The zero-order valence-corrected chi connectivity index (χ0v) is 19.6. The fraction of sp³-hybridized carbons (Fsp3) is 0.179. The minimum absolute atomic E-state index is 0.779. The molecule has 7 rings (SSSR count). The van der Waals surface area contributed by atoms with Gasteiger partial charge in [0.1, 0.15) is 11.2 Å². The van der Waals surface area contributed by atoms with Crippen LogP contribution in [0.1, 0.15) is 18.4 Å². The number of likely N-dealkylation sites (tertiary alicyclic amines) is 1. The first-order chi connectivity index (χ1) is 17.8. The van der Waals surface area contributed by atoms with Gasteiger partial charge in [0.2, 0.25) is 0 Å². The van der Waals surface area contributed by atoms with Crippen LogP contribution in [0.25, 0.3) is 55.8 Å². The molecule has 6 aromatic heterocycles. The first-order valence-electron chi connectivity index (χ1n) is 12.2. The smallest absolute Gasteiger partial charge is 0.135 e. The SMILES string of the molecule is c1cncc(-c2nccc3[nH]c(-c4n[nH]c5ccc(-c6cncc(CN7CCCC7)c6)nc45)cc23)c1. The van der Waals surface area contributed by atoms with Crippen LogP contribution in [0.2, 0.25) is 0 Å². The highest BCUT2D eigenvalue weighted by Crippen LogP contribution is 2.33. The predicted octanol–water partition coefficient (Wildman–Crippen LogP) is 5.22. The molecule has 0 amide bonds. The number of nitrogens with zero attached hydrogens (tertiary/aromatic N) is 6. The molecular weight excluding hydrogens is 448 g/mol. The molecule has 8 nitrogen and oxygen atoms in total. The zero-order valence-electron chi connectivity index (χ0n) is 19.6. The topological polar surface area (TPSA) is 99.3 Å². The van der Waals surface area contributed by atoms with E-state index in [-0.39, 0.29) is 0 Å². The Balaban J connectivity index is 1.28. The molecule has 0 atom stereocenters. The highest BCUT2D eigenvalue weighted by Gasteiger charge is 2.17. The van der Waals surface area contributed by atoms with Crippen molar-refractivity contribution < 1.29 is 0 Å². The maximum absolute atomic E-state index is 5.01. The lowest BCUT2D eigenvalue weighted by atomic mass is 10.1. The van der Waals surface area contributed by atoms with E-state index in [2.05, 4.69) is 47.2 Å². The second-order valence-corrected chi connectivity index (χ2v) is 9.28. The fourth-order valence-electron chi connectivity index (χ4n) is 5.07. The van der Waals surface area contributed by atoms with Crippen LogP contribution in [-0.4, -0.2) is 53.1 Å². The van der Waals surface area contributed by atoms with Crippen molar-refractivity contribution in [1.82, 2.24) is 40.0 Å². The lowest BCUT2D eigenvalue weighted by Gasteiger charge is -2.14. The largest absolute Gasteiger partial charge is 0.353 e. The number of fused-ring (bicyclic) bond motifs is 2. The third-order valence-corrected chi connectivity index (χ3v) is 6.84. The van der Waals surface area contributed by atoms with Gasteiger partial charge in [0, 0.05) is 59.6 Å². The van der Waals surface area contributed by atoms with Crippen LogP contribution < -0.4 is 0 Å². The van der Waals surface area contributed by atoms with Gasteiger partial charge < -0.3 is 4.98 Å². The number of hydrogen-bond donors (Lipinski definition) is 2. The zero-order chi connectivity index (χ0) is 23.9. The van der Waals surface area contributed by atoms with E-state index in [0.717, 1.165) is 75.5 Å². The van der Waals surface area contributed by atoms with E-state index in [9.17, 15) is 0 Å². The van der Waals surface area contributed by atoms with Crippen LogP contribution in [0.5, 0.6) is 0 Å². The molecule has 176 valence electrons. The quantitative estimate of drug-likeness (QED) is 0.357. The number of nitrogens with one attached hydrogen (secondary N) is 2. The van der Waals surface area contributed by atoms with E-state index >= 15 is 0 Å². The summed E-state index contributed by atoms with van der Waals surface area (Å²) in [4.78, 5) is 24.4. The number of aromatic amines is 2. The summed E-state index contributed by atoms with van der Waals surface area (Å²) in [6, 6.07) is 14.3. The van der Waals surface area contributed by atoms with E-state index in [4.69, 9.17) is 4.98 Å². The molecule has 0 saturated carbocycles. The summed E-state index contributed by atoms with van der Waals surface area (Å²) in [7, 11) is 0. The van der Waals surface area contributed by atoms with Gasteiger partial charge in [-0.3, -0.25) is 25.0 Å². The molecule has 1 aliphatic heterocycles. The summed E-state index contributed by atoms with van der Waals surface area (Å²) >= 11 is 0. The normalized spacial score (nSPS) is 14.2. The molecule has 0 unspecified atom stereocenters. The molecule has 36 heavy (non-hydrogen) atoms. The Hall–Kier alpha value is -4.43. The van der Waals surface area contributed by atoms with Crippen LogP contribution in [0.4, 0.5) is 0 Å². The fourth-order valence-corrected chi connectivity index (χ4v) is 5.07. The average molecular weight is 473 g/mol. The van der Waals surface area contributed by atoms with Crippen molar-refractivity contribution in [2.75, 3.05) is 13.1 Å². The highest BCUT2D eigenvalue weighted by atomic mass is 15.1. The maximum Gasteiger partial charge on any atom is 0.135 e. The average Bonchev–Trinajstić information content (AvgIpc) is 3.68. The van der Waals surface area contributed by atoms with E-state index in [0.29, 0.717) is 0 Å². The molecule has 7 heterocycles. The summed E-state index contributed by atoms with van der Waals surface area (Å²) in [6.07, 6.45) is 11.8. The molecular formula is C28H24N8. The van der Waals surface area contributed by atoms with Crippen molar-refractivity contribution in [2.45, 2.75) is 19.4 Å². The Bertz CT molecular complexity index is 1680. The first-order valence-corrected chi connectivity index (χ1v) is 12.2. The lowest BCUT2D eigenvalue weighted by molar-refractivity contribution is 0.331. The van der Waals surface area contributed by atoms with Crippen LogP contribution in [0.15, 0.2) is 73.4 Å². The van der Waals surface area contributed by atoms with Crippen molar-refractivity contribution in [3.8, 4) is 33.9 Å². The second kappa shape index (κ2) is 8.66. The molecule has 0 bridgehead atoms. The third-order valence-electron chi connectivity index (χ3n) is 6.84. The van der Waals surface area contributed by atoms with E-state index in [1.807, 2.05) is 55.1 Å². The summed E-state index contributed by atoms with van der Waals surface area (Å²) in [6.45, 7) is 3.26. The Morgan fingerprint density at radius 1 is 0.833 bits per heavy atom. The first kappa shape index (κ1) is 20.9. The van der Waals surface area contributed by atoms with Crippen molar-refractivity contribution in [3.63, 3.8) is 0 Å². The molecule has 6 aromatic rings. The van der Waals surface area contributed by atoms with Gasteiger partial charge in [-0.15, -0.1) is 0 Å². The standard InChI is InChI=1S/C28H24N8/c1-2-11-36(10-1)17-18-12-20(16-30-14-18)22-5-6-24-27(33-22)28(35-34-24)25-13-21-23(32-25)7-9-31-26(21)19-4-3-8-29-15-19/h3-9,12-16,32H,1-2,10-11,17H2,(H,34,35). The minimum Gasteiger partial charge on any atom is -0.353 e. The molecule has 0 spiro atoms. The number of pyridine rings is 4. The van der Waals surface area contributed by atoms with Gasteiger partial charge in [-0.05, 0) is 74.0 Å². The van der Waals surface area contributed by atoms with Crippen molar-refractivity contribution >= 4 is 21.9 Å². The van der Waals surface area contributed by atoms with E-state index in [1.165, 1.54) is 18.4 Å². The van der Waals surface area contributed by atoms with Crippen LogP contribution in [0.3, 0.4) is 0 Å². The van der Waals surface area contributed by atoms with Crippen molar-refractivity contribution in [2.24, 2.45) is 0 Å². The van der Waals surface area contributed by atoms with Crippen molar-refractivity contribution in [1.29, 1.82) is 0 Å². The number of H-pyrrole nitrogens is 2. The monoisotopic (exact) mass is 472 g/mol. The molecule has 0 radical (unpaired) electrons. The van der Waals surface area contributed by atoms with Gasteiger partial charge in [0.15, 0.2) is 0 Å². The molecule has 0 aliphatic carbocycles. The molecule has 1 aliphatic rings. The summed E-state index contributed by atoms with van der Waals surface area (Å²) < 4.78 is 0. The summed E-state index contributed by atoms with van der Waals surface area (Å²) in [5.74, 6) is 0. The van der Waals surface area contributed by atoms with Gasteiger partial charge in [-0.2, -0.15) is 5.10 Å². The van der Waals surface area contributed by atoms with Crippen LogP contribution in [-0.2, 0) is 6.54 Å². The second-order valence-electron chi connectivity index (χ2n) is 9.28. The molecule has 0 aromatic carbocycles. The van der Waals surface area contributed by atoms with Gasteiger partial charge >= 0.3 is 0 Å². The number of hydrogen-bond acceptors (Lipinski definition) is 6. The number of aromatic nitrogens is 7. The Morgan fingerprint density at radius 3 is 2.64 bits per heavy atom. The van der Waals surface area contributed by atoms with E-state index < -0.39 is 0 Å². The Kier molecular flexibility index (Phi) is 5.03. The lowest BCUT2D eigenvalue weighted by Crippen LogP contribution is -2.18. The molecule has 1 saturated heterocycles. The number of rotatable bonds is 5. The Morgan fingerprint density at radius 2 is 1.75 bits per heavy atom. The minimum atomic E-state index is 0.779. The highest BCUT2D eigenvalue weighted by molar-refractivity contribution is 5.99. The van der Waals surface area contributed by atoms with Crippen molar-refractivity contribution in [3.05, 3.63) is 79.0 Å². The third kappa shape index (κ3) is 3.72. The van der Waals surface area contributed by atoms with Crippen LogP contribution >= 0.6 is 0 Å². The van der Waals surface area contributed by atoms with Gasteiger partial charge in [0.25, 0.3) is 0 Å². The van der Waals surface area contributed by atoms with Gasteiger partial charge in [0.05, 0.1) is 22.6 Å². The summed E-state index contributed by atoms with van der Waals surface area (Å²) in [5.41, 5.74) is 9.34. The maximum atomic E-state index is 5.01. The molecule has 2 N–H and O–H groups in total. The summed E-state index contributed by atoms with van der Waals surface area (Å²) in [5, 5.41) is 8.77. The van der Waals surface area contributed by atoms with Gasteiger partial charge in [-0.25, -0.2) is 4.98 Å². The Labute approximate surface area is 207 Å².